The minimum absolute atomic E-state index is 0.308. The zero-order valence-corrected chi connectivity index (χ0v) is 10.4. The third-order valence-corrected chi connectivity index (χ3v) is 2.71. The summed E-state index contributed by atoms with van der Waals surface area (Å²) in [5.41, 5.74) is 6.67. The quantitative estimate of drug-likeness (QED) is 0.649. The zero-order chi connectivity index (χ0) is 12.3. The SMILES string of the molecule is NCc1cccc(OCCCCCCCO)c1. The van der Waals surface area contributed by atoms with Crippen LogP contribution in [-0.2, 0) is 6.54 Å². The zero-order valence-electron chi connectivity index (χ0n) is 10.4. The van der Waals surface area contributed by atoms with Gasteiger partial charge in [-0.2, -0.15) is 0 Å². The van der Waals surface area contributed by atoms with E-state index in [-0.39, 0.29) is 0 Å². The average Bonchev–Trinajstić information content (AvgIpc) is 2.38. The maximum Gasteiger partial charge on any atom is 0.119 e. The summed E-state index contributed by atoms with van der Waals surface area (Å²) in [5.74, 6) is 0.906. The number of hydrogen-bond donors (Lipinski definition) is 2. The second kappa shape index (κ2) is 9.02. The highest BCUT2D eigenvalue weighted by atomic mass is 16.5. The van der Waals surface area contributed by atoms with E-state index in [4.69, 9.17) is 15.6 Å². The van der Waals surface area contributed by atoms with Crippen molar-refractivity contribution < 1.29 is 9.84 Å². The molecule has 0 aliphatic heterocycles. The molecule has 3 nitrogen and oxygen atoms in total. The molecule has 0 radical (unpaired) electrons. The fourth-order valence-electron chi connectivity index (χ4n) is 1.70. The molecule has 0 fully saturated rings. The second-order valence-corrected chi connectivity index (χ2v) is 4.19. The summed E-state index contributed by atoms with van der Waals surface area (Å²) in [4.78, 5) is 0. The van der Waals surface area contributed by atoms with Crippen LogP contribution in [0.4, 0.5) is 0 Å². The Hall–Kier alpha value is -1.06. The molecule has 0 unspecified atom stereocenters. The normalized spacial score (nSPS) is 10.5. The molecule has 0 saturated carbocycles. The number of nitrogens with two attached hydrogens (primary N) is 1. The molecule has 0 spiro atoms. The number of rotatable bonds is 9. The van der Waals surface area contributed by atoms with E-state index in [1.54, 1.807) is 0 Å². The van der Waals surface area contributed by atoms with Gasteiger partial charge in [-0.3, -0.25) is 0 Å². The predicted molar refractivity (Wildman–Crippen MR) is 70.0 cm³/mol. The first-order chi connectivity index (χ1) is 8.36. The topological polar surface area (TPSA) is 55.5 Å². The van der Waals surface area contributed by atoms with Gasteiger partial charge >= 0.3 is 0 Å². The van der Waals surface area contributed by atoms with Crippen molar-refractivity contribution in [1.29, 1.82) is 0 Å². The van der Waals surface area contributed by atoms with E-state index in [0.717, 1.165) is 43.6 Å². The molecule has 1 aromatic rings. The summed E-state index contributed by atoms with van der Waals surface area (Å²) >= 11 is 0. The van der Waals surface area contributed by atoms with Crippen molar-refractivity contribution >= 4 is 0 Å². The maximum absolute atomic E-state index is 8.63. The Kier molecular flexibility index (Phi) is 7.43. The molecule has 0 bridgehead atoms. The molecule has 0 aromatic heterocycles. The maximum atomic E-state index is 8.63. The van der Waals surface area contributed by atoms with Crippen molar-refractivity contribution in [3.63, 3.8) is 0 Å². The van der Waals surface area contributed by atoms with Gasteiger partial charge < -0.3 is 15.6 Å². The standard InChI is InChI=1S/C14H23NO2/c15-12-13-7-6-8-14(11-13)17-10-5-3-1-2-4-9-16/h6-8,11,16H,1-5,9-10,12,15H2. The summed E-state index contributed by atoms with van der Waals surface area (Å²) in [5, 5.41) is 8.63. The number of hydrogen-bond acceptors (Lipinski definition) is 3. The molecule has 0 heterocycles. The van der Waals surface area contributed by atoms with E-state index in [0.29, 0.717) is 13.2 Å². The minimum Gasteiger partial charge on any atom is -0.494 e. The number of unbranched alkanes of at least 4 members (excludes halogenated alkanes) is 4. The van der Waals surface area contributed by atoms with Crippen LogP contribution in [0.3, 0.4) is 0 Å². The van der Waals surface area contributed by atoms with Gasteiger partial charge in [0, 0.05) is 13.2 Å². The van der Waals surface area contributed by atoms with Gasteiger partial charge in [0.25, 0.3) is 0 Å². The highest BCUT2D eigenvalue weighted by Gasteiger charge is 1.96. The molecule has 96 valence electrons. The molecule has 3 N–H and O–H groups in total. The molecule has 0 aliphatic rings. The molecule has 0 aliphatic carbocycles. The molecule has 0 amide bonds. The van der Waals surface area contributed by atoms with E-state index < -0.39 is 0 Å². The van der Waals surface area contributed by atoms with Crippen LogP contribution in [0.25, 0.3) is 0 Å². The third kappa shape index (κ3) is 6.29. The first kappa shape index (κ1) is 14.0. The van der Waals surface area contributed by atoms with E-state index in [9.17, 15) is 0 Å². The molecule has 3 heteroatoms. The second-order valence-electron chi connectivity index (χ2n) is 4.19. The lowest BCUT2D eigenvalue weighted by Gasteiger charge is -2.07. The summed E-state index contributed by atoms with van der Waals surface area (Å²) < 4.78 is 5.65. The monoisotopic (exact) mass is 237 g/mol. The van der Waals surface area contributed by atoms with Gasteiger partial charge in [-0.1, -0.05) is 31.4 Å². The molecular formula is C14H23NO2. The van der Waals surface area contributed by atoms with Crippen LogP contribution >= 0.6 is 0 Å². The molecule has 17 heavy (non-hydrogen) atoms. The number of benzene rings is 1. The lowest BCUT2D eigenvalue weighted by atomic mass is 10.1. The fraction of sp³-hybridized carbons (Fsp3) is 0.571. The molecule has 1 rings (SSSR count). The number of ether oxygens (including phenoxy) is 1. The molecule has 1 aromatic carbocycles. The molecule has 0 atom stereocenters. The summed E-state index contributed by atoms with van der Waals surface area (Å²) in [7, 11) is 0. The van der Waals surface area contributed by atoms with Gasteiger partial charge in [0.2, 0.25) is 0 Å². The van der Waals surface area contributed by atoms with Crippen molar-refractivity contribution in [1.82, 2.24) is 0 Å². The van der Waals surface area contributed by atoms with Gasteiger partial charge in [0.05, 0.1) is 6.61 Å². The van der Waals surface area contributed by atoms with Crippen LogP contribution in [0, 0.1) is 0 Å². The van der Waals surface area contributed by atoms with Crippen LogP contribution in [0.5, 0.6) is 5.75 Å². The van der Waals surface area contributed by atoms with Gasteiger partial charge in [-0.05, 0) is 30.5 Å². The van der Waals surface area contributed by atoms with Crippen LogP contribution in [0.1, 0.15) is 37.7 Å². The fourth-order valence-corrected chi connectivity index (χ4v) is 1.70. The van der Waals surface area contributed by atoms with Crippen molar-refractivity contribution in [2.45, 2.75) is 38.6 Å². The Morgan fingerprint density at radius 2 is 1.82 bits per heavy atom. The molecular weight excluding hydrogens is 214 g/mol. The Labute approximate surface area is 104 Å². The van der Waals surface area contributed by atoms with Gasteiger partial charge in [-0.25, -0.2) is 0 Å². The smallest absolute Gasteiger partial charge is 0.119 e. The first-order valence-electron chi connectivity index (χ1n) is 6.39. The Morgan fingerprint density at radius 1 is 1.06 bits per heavy atom. The average molecular weight is 237 g/mol. The van der Waals surface area contributed by atoms with Crippen molar-refractivity contribution in [2.75, 3.05) is 13.2 Å². The first-order valence-corrected chi connectivity index (χ1v) is 6.39. The van der Waals surface area contributed by atoms with Gasteiger partial charge in [0.15, 0.2) is 0 Å². The molecule has 0 saturated heterocycles. The Balaban J connectivity index is 2.09. The summed E-state index contributed by atoms with van der Waals surface area (Å²) in [6.07, 6.45) is 5.43. The van der Waals surface area contributed by atoms with E-state index in [1.165, 1.54) is 6.42 Å². The van der Waals surface area contributed by atoms with Crippen LogP contribution in [0.2, 0.25) is 0 Å². The van der Waals surface area contributed by atoms with E-state index in [1.807, 2.05) is 24.3 Å². The van der Waals surface area contributed by atoms with Gasteiger partial charge in [0.1, 0.15) is 5.75 Å². The highest BCUT2D eigenvalue weighted by Crippen LogP contribution is 2.13. The number of aliphatic hydroxyl groups is 1. The lowest BCUT2D eigenvalue weighted by molar-refractivity contribution is 0.278. The van der Waals surface area contributed by atoms with Crippen molar-refractivity contribution in [3.05, 3.63) is 29.8 Å². The highest BCUT2D eigenvalue weighted by molar-refractivity contribution is 5.28. The van der Waals surface area contributed by atoms with Crippen LogP contribution in [-0.4, -0.2) is 18.3 Å². The van der Waals surface area contributed by atoms with Crippen LogP contribution in [0.15, 0.2) is 24.3 Å². The van der Waals surface area contributed by atoms with E-state index >= 15 is 0 Å². The van der Waals surface area contributed by atoms with Crippen molar-refractivity contribution in [2.24, 2.45) is 5.73 Å². The van der Waals surface area contributed by atoms with E-state index in [2.05, 4.69) is 0 Å². The summed E-state index contributed by atoms with van der Waals surface area (Å²) in [6.45, 7) is 1.62. The Bertz CT molecular complexity index is 302. The largest absolute Gasteiger partial charge is 0.494 e. The number of aliphatic hydroxyl groups excluding tert-OH is 1. The van der Waals surface area contributed by atoms with Gasteiger partial charge in [-0.15, -0.1) is 0 Å². The lowest BCUT2D eigenvalue weighted by Crippen LogP contribution is -2.00. The van der Waals surface area contributed by atoms with Crippen LogP contribution < -0.4 is 10.5 Å². The Morgan fingerprint density at radius 3 is 2.59 bits per heavy atom. The third-order valence-electron chi connectivity index (χ3n) is 2.71. The van der Waals surface area contributed by atoms with Crippen molar-refractivity contribution in [3.8, 4) is 5.75 Å². The predicted octanol–water partition coefficient (Wildman–Crippen LogP) is 2.47. The minimum atomic E-state index is 0.308. The summed E-state index contributed by atoms with van der Waals surface area (Å²) in [6, 6.07) is 7.93.